The third kappa shape index (κ3) is 4.33. The smallest absolute Gasteiger partial charge is 0.341 e. The predicted octanol–water partition coefficient (Wildman–Crippen LogP) is 4.17. The van der Waals surface area contributed by atoms with E-state index in [1.54, 1.807) is 24.4 Å². The molecule has 22 heavy (non-hydrogen) atoms. The first-order valence-corrected chi connectivity index (χ1v) is 7.09. The summed E-state index contributed by atoms with van der Waals surface area (Å²) in [4.78, 5) is 15.0. The van der Waals surface area contributed by atoms with Crippen LogP contribution in [0.25, 0.3) is 0 Å². The molecule has 0 aliphatic heterocycles. The number of hydrogen-bond donors (Lipinski definition) is 1. The lowest BCUT2D eigenvalue weighted by Crippen LogP contribution is -2.10. The Morgan fingerprint density at radius 2 is 2.00 bits per heavy atom. The largest absolute Gasteiger partial charge is 0.481 e. The summed E-state index contributed by atoms with van der Waals surface area (Å²) < 4.78 is 5.24. The summed E-state index contributed by atoms with van der Waals surface area (Å²) in [7, 11) is 0. The van der Waals surface area contributed by atoms with Crippen LogP contribution in [0.15, 0.2) is 41.4 Å². The molecule has 5 heteroatoms. The van der Waals surface area contributed by atoms with E-state index < -0.39 is 12.6 Å². The van der Waals surface area contributed by atoms with Crippen LogP contribution in [0.1, 0.15) is 16.7 Å². The van der Waals surface area contributed by atoms with Gasteiger partial charge in [0.25, 0.3) is 0 Å². The standard InChI is InChI=1S/C17H16ClNO3/c1-11-3-5-15(7-12(11)2)19-9-13-8-14(18)4-6-16(13)22-10-17(20)21/h3-9H,10H2,1-2H3,(H,20,21). The van der Waals surface area contributed by atoms with Gasteiger partial charge in [-0.25, -0.2) is 4.79 Å². The van der Waals surface area contributed by atoms with Crippen LogP contribution < -0.4 is 4.74 Å². The summed E-state index contributed by atoms with van der Waals surface area (Å²) in [5.74, 6) is -0.605. The molecule has 0 saturated heterocycles. The second-order valence-corrected chi connectivity index (χ2v) is 5.33. The van der Waals surface area contributed by atoms with Gasteiger partial charge in [-0.05, 0) is 55.3 Å². The van der Waals surface area contributed by atoms with Crippen LogP contribution >= 0.6 is 11.6 Å². The molecule has 4 nitrogen and oxygen atoms in total. The van der Waals surface area contributed by atoms with Gasteiger partial charge in [-0.15, -0.1) is 0 Å². The van der Waals surface area contributed by atoms with Crippen molar-refractivity contribution in [2.75, 3.05) is 6.61 Å². The fourth-order valence-electron chi connectivity index (χ4n) is 1.84. The van der Waals surface area contributed by atoms with Gasteiger partial charge in [-0.2, -0.15) is 0 Å². The van der Waals surface area contributed by atoms with Crippen molar-refractivity contribution in [1.82, 2.24) is 0 Å². The van der Waals surface area contributed by atoms with E-state index in [-0.39, 0.29) is 0 Å². The topological polar surface area (TPSA) is 58.9 Å². The van der Waals surface area contributed by atoms with Crippen molar-refractivity contribution in [3.8, 4) is 5.75 Å². The Morgan fingerprint density at radius 3 is 2.68 bits per heavy atom. The van der Waals surface area contributed by atoms with Crippen molar-refractivity contribution in [2.45, 2.75) is 13.8 Å². The first-order chi connectivity index (χ1) is 10.5. The molecule has 0 bridgehead atoms. The van der Waals surface area contributed by atoms with Gasteiger partial charge in [0.05, 0.1) is 5.69 Å². The monoisotopic (exact) mass is 317 g/mol. The van der Waals surface area contributed by atoms with E-state index in [0.29, 0.717) is 16.3 Å². The summed E-state index contributed by atoms with van der Waals surface area (Å²) in [6.07, 6.45) is 1.62. The SMILES string of the molecule is Cc1ccc(N=Cc2cc(Cl)ccc2OCC(=O)O)cc1C. The van der Waals surface area contributed by atoms with Crippen molar-refractivity contribution in [3.63, 3.8) is 0 Å². The maximum absolute atomic E-state index is 10.6. The van der Waals surface area contributed by atoms with E-state index in [9.17, 15) is 4.79 Å². The highest BCUT2D eigenvalue weighted by molar-refractivity contribution is 6.30. The zero-order valence-electron chi connectivity index (χ0n) is 12.3. The summed E-state index contributed by atoms with van der Waals surface area (Å²) in [6.45, 7) is 3.65. The Balaban J connectivity index is 2.26. The van der Waals surface area contributed by atoms with E-state index in [1.165, 1.54) is 5.56 Å². The van der Waals surface area contributed by atoms with Crippen molar-refractivity contribution in [1.29, 1.82) is 0 Å². The number of aryl methyl sites for hydroxylation is 2. The molecular weight excluding hydrogens is 302 g/mol. The average Bonchev–Trinajstić information content (AvgIpc) is 2.47. The third-order valence-corrected chi connectivity index (χ3v) is 3.40. The number of rotatable bonds is 5. The van der Waals surface area contributed by atoms with E-state index in [4.69, 9.17) is 21.4 Å². The Hall–Kier alpha value is -2.33. The van der Waals surface area contributed by atoms with Gasteiger partial charge in [-0.3, -0.25) is 4.99 Å². The zero-order valence-corrected chi connectivity index (χ0v) is 13.1. The number of aliphatic carboxylic acids is 1. The lowest BCUT2D eigenvalue weighted by Gasteiger charge is -2.07. The molecule has 2 aromatic carbocycles. The van der Waals surface area contributed by atoms with Gasteiger partial charge in [0.1, 0.15) is 5.75 Å². The summed E-state index contributed by atoms with van der Waals surface area (Å²) >= 11 is 5.97. The maximum Gasteiger partial charge on any atom is 0.341 e. The number of carboxylic acid groups (broad SMARTS) is 1. The summed E-state index contributed by atoms with van der Waals surface area (Å²) in [5, 5.41) is 9.23. The highest BCUT2D eigenvalue weighted by Crippen LogP contribution is 2.23. The Morgan fingerprint density at radius 1 is 1.23 bits per heavy atom. The molecule has 0 unspecified atom stereocenters. The molecule has 0 spiro atoms. The molecule has 2 aromatic rings. The maximum atomic E-state index is 10.6. The van der Waals surface area contributed by atoms with Crippen LogP contribution in [0.3, 0.4) is 0 Å². The molecule has 0 aromatic heterocycles. The molecule has 0 aliphatic carbocycles. The molecule has 0 heterocycles. The van der Waals surface area contributed by atoms with Crippen LogP contribution in [-0.4, -0.2) is 23.9 Å². The van der Waals surface area contributed by atoms with E-state index >= 15 is 0 Å². The predicted molar refractivity (Wildman–Crippen MR) is 87.8 cm³/mol. The Labute approximate surface area is 134 Å². The second-order valence-electron chi connectivity index (χ2n) is 4.89. The van der Waals surface area contributed by atoms with Crippen molar-refractivity contribution in [3.05, 3.63) is 58.1 Å². The Kier molecular flexibility index (Phi) is 5.17. The van der Waals surface area contributed by atoms with Gasteiger partial charge in [-0.1, -0.05) is 17.7 Å². The quantitative estimate of drug-likeness (QED) is 0.842. The first-order valence-electron chi connectivity index (χ1n) is 6.71. The molecule has 114 valence electrons. The van der Waals surface area contributed by atoms with Crippen LogP contribution in [0.2, 0.25) is 5.02 Å². The minimum Gasteiger partial charge on any atom is -0.481 e. The van der Waals surface area contributed by atoms with Crippen LogP contribution in [0.4, 0.5) is 5.69 Å². The third-order valence-electron chi connectivity index (χ3n) is 3.17. The number of carboxylic acids is 1. The number of benzene rings is 2. The molecule has 0 saturated carbocycles. The molecule has 0 aliphatic rings. The van der Waals surface area contributed by atoms with Crippen LogP contribution in [0.5, 0.6) is 5.75 Å². The number of nitrogens with zero attached hydrogens (tertiary/aromatic N) is 1. The minimum absolute atomic E-state index is 0.411. The van der Waals surface area contributed by atoms with E-state index in [1.807, 2.05) is 32.0 Å². The molecular formula is C17H16ClNO3. The van der Waals surface area contributed by atoms with Gasteiger partial charge in [0, 0.05) is 16.8 Å². The average molecular weight is 318 g/mol. The number of ether oxygens (including phenoxy) is 1. The van der Waals surface area contributed by atoms with Gasteiger partial charge >= 0.3 is 5.97 Å². The molecule has 0 radical (unpaired) electrons. The van der Waals surface area contributed by atoms with Crippen molar-refractivity contribution < 1.29 is 14.6 Å². The minimum atomic E-state index is -1.04. The molecule has 0 amide bonds. The zero-order chi connectivity index (χ0) is 16.1. The molecule has 1 N–H and O–H groups in total. The highest BCUT2D eigenvalue weighted by atomic mass is 35.5. The van der Waals surface area contributed by atoms with E-state index in [0.717, 1.165) is 11.3 Å². The molecule has 0 fully saturated rings. The Bertz CT molecular complexity index is 726. The summed E-state index contributed by atoms with van der Waals surface area (Å²) in [6, 6.07) is 10.9. The summed E-state index contributed by atoms with van der Waals surface area (Å²) in [5.41, 5.74) is 3.80. The first kappa shape index (κ1) is 16.0. The second kappa shape index (κ2) is 7.09. The van der Waals surface area contributed by atoms with Gasteiger partial charge < -0.3 is 9.84 Å². The lowest BCUT2D eigenvalue weighted by atomic mass is 10.1. The molecule has 0 atom stereocenters. The van der Waals surface area contributed by atoms with Gasteiger partial charge in [0.2, 0.25) is 0 Å². The van der Waals surface area contributed by atoms with Gasteiger partial charge in [0.15, 0.2) is 6.61 Å². The van der Waals surface area contributed by atoms with Crippen LogP contribution in [-0.2, 0) is 4.79 Å². The lowest BCUT2D eigenvalue weighted by molar-refractivity contribution is -0.139. The number of hydrogen-bond acceptors (Lipinski definition) is 3. The van der Waals surface area contributed by atoms with E-state index in [2.05, 4.69) is 4.99 Å². The highest BCUT2D eigenvalue weighted by Gasteiger charge is 2.05. The molecule has 2 rings (SSSR count). The number of carbonyl (C=O) groups is 1. The number of halogens is 1. The van der Waals surface area contributed by atoms with Crippen molar-refractivity contribution >= 4 is 29.5 Å². The fraction of sp³-hybridized carbons (Fsp3) is 0.176. The number of aliphatic imine (C=N–C) groups is 1. The fourth-order valence-corrected chi connectivity index (χ4v) is 2.02. The normalized spacial score (nSPS) is 10.9. The van der Waals surface area contributed by atoms with Crippen LogP contribution in [0, 0.1) is 13.8 Å². The van der Waals surface area contributed by atoms with Crippen molar-refractivity contribution in [2.24, 2.45) is 4.99 Å².